The van der Waals surface area contributed by atoms with E-state index in [1.54, 1.807) is 31.2 Å². The van der Waals surface area contributed by atoms with Gasteiger partial charge < -0.3 is 9.15 Å². The van der Waals surface area contributed by atoms with Gasteiger partial charge in [-0.2, -0.15) is 0 Å². The summed E-state index contributed by atoms with van der Waals surface area (Å²) in [6.45, 7) is 1.67. The lowest BCUT2D eigenvalue weighted by atomic mass is 9.99. The molecular weight excluding hydrogens is 496 g/mol. The van der Waals surface area contributed by atoms with Crippen LogP contribution in [-0.4, -0.2) is 24.0 Å². The zero-order chi connectivity index (χ0) is 22.6. The van der Waals surface area contributed by atoms with Crippen LogP contribution in [0.15, 0.2) is 62.2 Å². The van der Waals surface area contributed by atoms with Gasteiger partial charge in [0.25, 0.3) is 5.91 Å². The number of benzene rings is 2. The molecule has 160 valence electrons. The minimum absolute atomic E-state index is 0.0221. The molecule has 0 spiro atoms. The summed E-state index contributed by atoms with van der Waals surface area (Å²) in [5.74, 6) is -1.04. The molecule has 1 aliphatic rings. The number of hydrogen-bond acceptors (Lipinski definition) is 7. The molecule has 0 unspecified atom stereocenters. The first-order valence-corrected chi connectivity index (χ1v) is 11.2. The van der Waals surface area contributed by atoms with Crippen molar-refractivity contribution in [1.82, 2.24) is 4.98 Å². The van der Waals surface area contributed by atoms with Crippen molar-refractivity contribution in [3.05, 3.63) is 90.7 Å². The molecule has 0 saturated carbocycles. The van der Waals surface area contributed by atoms with Gasteiger partial charge in [0.15, 0.2) is 10.6 Å². The first kappa shape index (κ1) is 20.6. The number of para-hydroxylation sites is 1. The van der Waals surface area contributed by atoms with Gasteiger partial charge in [0.2, 0.25) is 5.76 Å². The second-order valence-electron chi connectivity index (χ2n) is 7.21. The lowest BCUT2D eigenvalue weighted by Crippen LogP contribution is -2.29. The van der Waals surface area contributed by atoms with Crippen LogP contribution in [0.1, 0.15) is 43.1 Å². The number of fused-ring (bicyclic) bond motifs is 2. The standard InChI is InChI=1S/C23H15BrN2O5S/c1-11-20(22(29)30-2)32-23(25-11)26-17(12-6-5-7-13(24)10-12)16-18(27)14-8-3-4-9-15(14)31-19(16)21(26)28/h3-10,17H,1-2H3/t17-/m1/s1. The molecule has 0 bridgehead atoms. The fourth-order valence-corrected chi connectivity index (χ4v) is 5.31. The van der Waals surface area contributed by atoms with E-state index in [2.05, 4.69) is 20.9 Å². The van der Waals surface area contributed by atoms with Crippen molar-refractivity contribution in [1.29, 1.82) is 0 Å². The zero-order valence-corrected chi connectivity index (χ0v) is 19.3. The number of aromatic nitrogens is 1. The minimum Gasteiger partial charge on any atom is -0.465 e. The average Bonchev–Trinajstić information content (AvgIpc) is 3.31. The predicted octanol–water partition coefficient (Wildman–Crippen LogP) is 4.86. The lowest BCUT2D eigenvalue weighted by Gasteiger charge is -2.22. The highest BCUT2D eigenvalue weighted by Crippen LogP contribution is 2.43. The molecule has 0 N–H and O–H groups in total. The van der Waals surface area contributed by atoms with E-state index in [1.807, 2.05) is 24.3 Å². The van der Waals surface area contributed by atoms with Crippen LogP contribution in [0, 0.1) is 6.92 Å². The van der Waals surface area contributed by atoms with Gasteiger partial charge in [-0.25, -0.2) is 9.78 Å². The Hall–Kier alpha value is -3.30. The third kappa shape index (κ3) is 3.08. The number of nitrogens with zero attached hydrogens (tertiary/aromatic N) is 2. The Morgan fingerprint density at radius 1 is 1.19 bits per heavy atom. The summed E-state index contributed by atoms with van der Waals surface area (Å²) in [6, 6.07) is 13.4. The molecule has 0 fully saturated rings. The van der Waals surface area contributed by atoms with Gasteiger partial charge in [-0.15, -0.1) is 0 Å². The number of thiazole rings is 1. The van der Waals surface area contributed by atoms with Crippen LogP contribution < -0.4 is 10.3 Å². The number of anilines is 1. The van der Waals surface area contributed by atoms with Gasteiger partial charge in [-0.1, -0.05) is 51.5 Å². The summed E-state index contributed by atoms with van der Waals surface area (Å²) in [4.78, 5) is 45.4. The first-order chi connectivity index (χ1) is 15.4. The Bertz CT molecular complexity index is 1480. The molecule has 3 heterocycles. The van der Waals surface area contributed by atoms with Crippen LogP contribution in [0.5, 0.6) is 0 Å². The fraction of sp³-hybridized carbons (Fsp3) is 0.130. The van der Waals surface area contributed by atoms with Crippen LogP contribution in [0.2, 0.25) is 0 Å². The molecule has 4 aromatic rings. The average molecular weight is 511 g/mol. The Morgan fingerprint density at radius 2 is 1.97 bits per heavy atom. The van der Waals surface area contributed by atoms with E-state index in [4.69, 9.17) is 9.15 Å². The fourth-order valence-electron chi connectivity index (χ4n) is 3.88. The van der Waals surface area contributed by atoms with Crippen molar-refractivity contribution in [3.63, 3.8) is 0 Å². The van der Waals surface area contributed by atoms with Crippen molar-refractivity contribution in [3.8, 4) is 0 Å². The molecule has 1 atom stereocenters. The number of esters is 1. The monoisotopic (exact) mass is 510 g/mol. The van der Waals surface area contributed by atoms with E-state index in [0.29, 0.717) is 27.1 Å². The van der Waals surface area contributed by atoms with Gasteiger partial charge in [0.05, 0.1) is 29.8 Å². The van der Waals surface area contributed by atoms with E-state index < -0.39 is 17.9 Å². The maximum absolute atomic E-state index is 13.6. The van der Waals surface area contributed by atoms with Crippen LogP contribution in [0.25, 0.3) is 11.0 Å². The van der Waals surface area contributed by atoms with Gasteiger partial charge in [0, 0.05) is 4.47 Å². The first-order valence-electron chi connectivity index (χ1n) is 9.61. The number of rotatable bonds is 3. The SMILES string of the molecule is COC(=O)c1sc(N2C(=O)c3oc4ccccc4c(=O)c3[C@H]2c2cccc(Br)c2)nc1C. The van der Waals surface area contributed by atoms with E-state index in [9.17, 15) is 14.4 Å². The quantitative estimate of drug-likeness (QED) is 0.365. The topological polar surface area (TPSA) is 89.7 Å². The number of hydrogen-bond donors (Lipinski definition) is 0. The van der Waals surface area contributed by atoms with Crippen LogP contribution in [0.3, 0.4) is 0 Å². The molecule has 0 saturated heterocycles. The van der Waals surface area contributed by atoms with E-state index in [-0.39, 0.29) is 21.9 Å². The predicted molar refractivity (Wildman–Crippen MR) is 123 cm³/mol. The Morgan fingerprint density at radius 3 is 2.72 bits per heavy atom. The third-order valence-electron chi connectivity index (χ3n) is 5.30. The summed E-state index contributed by atoms with van der Waals surface area (Å²) in [7, 11) is 1.29. The molecule has 7 nitrogen and oxygen atoms in total. The van der Waals surface area contributed by atoms with Gasteiger partial charge in [-0.3, -0.25) is 14.5 Å². The second kappa shape index (κ2) is 7.68. The summed E-state index contributed by atoms with van der Waals surface area (Å²) < 4.78 is 11.6. The lowest BCUT2D eigenvalue weighted by molar-refractivity contribution is 0.0605. The number of aryl methyl sites for hydroxylation is 1. The van der Waals surface area contributed by atoms with Crippen LogP contribution in [-0.2, 0) is 4.74 Å². The van der Waals surface area contributed by atoms with Crippen molar-refractivity contribution in [2.75, 3.05) is 12.0 Å². The van der Waals surface area contributed by atoms with Crippen molar-refractivity contribution >= 4 is 55.2 Å². The summed E-state index contributed by atoms with van der Waals surface area (Å²) in [5.41, 5.74) is 1.47. The van der Waals surface area contributed by atoms with Gasteiger partial charge in [-0.05, 0) is 36.8 Å². The Balaban J connectivity index is 1.79. The number of carbonyl (C=O) groups excluding carboxylic acids is 2. The minimum atomic E-state index is -0.757. The molecule has 0 radical (unpaired) electrons. The highest BCUT2D eigenvalue weighted by atomic mass is 79.9. The third-order valence-corrected chi connectivity index (χ3v) is 6.93. The second-order valence-corrected chi connectivity index (χ2v) is 9.10. The number of halogens is 1. The zero-order valence-electron chi connectivity index (χ0n) is 16.9. The van der Waals surface area contributed by atoms with E-state index >= 15 is 0 Å². The Labute approximate surface area is 194 Å². The number of amides is 1. The molecule has 1 amide bonds. The molecule has 2 aromatic carbocycles. The van der Waals surface area contributed by atoms with Gasteiger partial charge in [0.1, 0.15) is 10.5 Å². The molecule has 9 heteroatoms. The largest absolute Gasteiger partial charge is 0.465 e. The normalized spacial score (nSPS) is 15.3. The maximum atomic E-state index is 13.6. The number of ether oxygens (including phenoxy) is 1. The number of methoxy groups -OCH3 is 1. The Kier molecular flexibility index (Phi) is 4.94. The molecule has 2 aromatic heterocycles. The van der Waals surface area contributed by atoms with E-state index in [0.717, 1.165) is 15.8 Å². The number of carbonyl (C=O) groups is 2. The molecule has 5 rings (SSSR count). The van der Waals surface area contributed by atoms with E-state index in [1.165, 1.54) is 12.0 Å². The van der Waals surface area contributed by atoms with Crippen molar-refractivity contribution in [2.24, 2.45) is 0 Å². The van der Waals surface area contributed by atoms with Crippen LogP contribution >= 0.6 is 27.3 Å². The highest BCUT2D eigenvalue weighted by Gasteiger charge is 2.45. The van der Waals surface area contributed by atoms with Crippen LogP contribution in [0.4, 0.5) is 5.13 Å². The molecule has 1 aliphatic heterocycles. The summed E-state index contributed by atoms with van der Waals surface area (Å²) >= 11 is 4.50. The smallest absolute Gasteiger partial charge is 0.350 e. The molecule has 32 heavy (non-hydrogen) atoms. The molecular formula is C23H15BrN2O5S. The summed E-state index contributed by atoms with van der Waals surface area (Å²) in [6.07, 6.45) is 0. The summed E-state index contributed by atoms with van der Waals surface area (Å²) in [5, 5.41) is 0.680. The highest BCUT2D eigenvalue weighted by molar-refractivity contribution is 9.10. The van der Waals surface area contributed by atoms with Gasteiger partial charge >= 0.3 is 5.97 Å². The molecule has 0 aliphatic carbocycles. The van der Waals surface area contributed by atoms with Crippen molar-refractivity contribution in [2.45, 2.75) is 13.0 Å². The van der Waals surface area contributed by atoms with Crippen molar-refractivity contribution < 1.29 is 18.7 Å². The maximum Gasteiger partial charge on any atom is 0.350 e.